The molecular formula is C18H19ClN2O3. The van der Waals surface area contributed by atoms with Crippen LogP contribution in [0.25, 0.3) is 0 Å². The molecule has 0 fully saturated rings. The first-order valence-electron chi connectivity index (χ1n) is 7.43. The van der Waals surface area contributed by atoms with Crippen LogP contribution in [0.15, 0.2) is 48.5 Å². The first-order valence-corrected chi connectivity index (χ1v) is 7.80. The summed E-state index contributed by atoms with van der Waals surface area (Å²) in [5, 5.41) is 0.372. The predicted octanol–water partition coefficient (Wildman–Crippen LogP) is 3.04. The topological polar surface area (TPSA) is 72.6 Å². The fourth-order valence-electron chi connectivity index (χ4n) is 2.23. The van der Waals surface area contributed by atoms with Crippen LogP contribution in [0.3, 0.4) is 0 Å². The highest BCUT2D eigenvalue weighted by molar-refractivity contribution is 6.31. The van der Waals surface area contributed by atoms with Gasteiger partial charge in [0.15, 0.2) is 6.61 Å². The minimum atomic E-state index is -0.661. The summed E-state index contributed by atoms with van der Waals surface area (Å²) in [5.41, 5.74) is 6.47. The van der Waals surface area contributed by atoms with Gasteiger partial charge in [0, 0.05) is 12.1 Å². The summed E-state index contributed by atoms with van der Waals surface area (Å²) in [6.07, 6.45) is 0. The Bertz CT molecular complexity index is 734. The maximum absolute atomic E-state index is 12.3. The van der Waals surface area contributed by atoms with Gasteiger partial charge in [0.25, 0.3) is 11.8 Å². The van der Waals surface area contributed by atoms with E-state index >= 15 is 0 Å². The third kappa shape index (κ3) is 4.26. The third-order valence-electron chi connectivity index (χ3n) is 3.81. The molecule has 1 atom stereocenters. The van der Waals surface area contributed by atoms with Crippen LogP contribution in [0, 0.1) is 0 Å². The van der Waals surface area contributed by atoms with Gasteiger partial charge in [-0.2, -0.15) is 0 Å². The van der Waals surface area contributed by atoms with Crippen LogP contribution in [0.4, 0.5) is 0 Å². The van der Waals surface area contributed by atoms with Crippen LogP contribution < -0.4 is 10.5 Å². The largest absolute Gasteiger partial charge is 0.483 e. The van der Waals surface area contributed by atoms with Gasteiger partial charge in [0.05, 0.1) is 11.6 Å². The van der Waals surface area contributed by atoms with Gasteiger partial charge in [-0.3, -0.25) is 9.59 Å². The van der Waals surface area contributed by atoms with Crippen LogP contribution in [-0.4, -0.2) is 30.4 Å². The molecule has 0 aliphatic heterocycles. The number of primary amides is 1. The Hall–Kier alpha value is -2.53. The van der Waals surface area contributed by atoms with Crippen LogP contribution >= 0.6 is 11.6 Å². The molecule has 2 N–H and O–H groups in total. The molecule has 24 heavy (non-hydrogen) atoms. The number of carbonyl (C=O) groups excluding carboxylic acids is 2. The van der Waals surface area contributed by atoms with Gasteiger partial charge in [-0.1, -0.05) is 41.9 Å². The van der Waals surface area contributed by atoms with Gasteiger partial charge < -0.3 is 15.4 Å². The minimum absolute atomic E-state index is 0.0943. The summed E-state index contributed by atoms with van der Waals surface area (Å²) in [5.74, 6) is -0.635. The second-order valence-electron chi connectivity index (χ2n) is 5.38. The number of nitrogens with two attached hydrogens (primary N) is 1. The van der Waals surface area contributed by atoms with Crippen molar-refractivity contribution in [3.05, 3.63) is 64.7 Å². The Balaban J connectivity index is 2.04. The van der Waals surface area contributed by atoms with Crippen molar-refractivity contribution in [2.45, 2.75) is 13.0 Å². The molecule has 0 saturated carbocycles. The fraction of sp³-hybridized carbons (Fsp3) is 0.222. The zero-order valence-corrected chi connectivity index (χ0v) is 14.3. The third-order valence-corrected chi connectivity index (χ3v) is 4.05. The average molecular weight is 347 g/mol. The van der Waals surface area contributed by atoms with E-state index in [1.165, 1.54) is 12.1 Å². The Morgan fingerprint density at radius 1 is 1.21 bits per heavy atom. The zero-order valence-electron chi connectivity index (χ0n) is 13.5. The zero-order chi connectivity index (χ0) is 17.7. The molecule has 2 aromatic carbocycles. The maximum Gasteiger partial charge on any atom is 0.260 e. The predicted molar refractivity (Wildman–Crippen MR) is 93.1 cm³/mol. The van der Waals surface area contributed by atoms with E-state index in [0.29, 0.717) is 5.02 Å². The molecule has 0 radical (unpaired) electrons. The molecule has 2 amide bonds. The second kappa shape index (κ2) is 7.84. The molecule has 0 bridgehead atoms. The number of nitrogens with zero attached hydrogens (tertiary/aromatic N) is 1. The first-order chi connectivity index (χ1) is 11.4. The smallest absolute Gasteiger partial charge is 0.260 e. The summed E-state index contributed by atoms with van der Waals surface area (Å²) in [6.45, 7) is 1.74. The fourth-order valence-corrected chi connectivity index (χ4v) is 2.41. The number of ether oxygens (including phenoxy) is 1. The molecule has 126 valence electrons. The van der Waals surface area contributed by atoms with Gasteiger partial charge in [-0.25, -0.2) is 0 Å². The van der Waals surface area contributed by atoms with E-state index in [4.69, 9.17) is 22.1 Å². The number of carbonyl (C=O) groups is 2. The van der Waals surface area contributed by atoms with Crippen LogP contribution in [0.1, 0.15) is 28.9 Å². The standard InChI is InChI=1S/C18H19ClN2O3/c1-12(13-6-4-3-5-7-13)21(2)17(22)11-24-16-9-8-14(19)10-15(16)18(20)23/h3-10,12H,11H2,1-2H3,(H2,20,23). The van der Waals surface area contributed by atoms with Crippen molar-refractivity contribution in [1.29, 1.82) is 0 Å². The Kier molecular flexibility index (Phi) is 5.82. The molecule has 0 aliphatic carbocycles. The molecule has 2 rings (SSSR count). The molecule has 5 nitrogen and oxygen atoms in total. The Labute approximate surface area is 146 Å². The van der Waals surface area contributed by atoms with E-state index in [-0.39, 0.29) is 29.9 Å². The number of rotatable bonds is 6. The Morgan fingerprint density at radius 3 is 2.50 bits per heavy atom. The number of halogens is 1. The Morgan fingerprint density at radius 2 is 1.88 bits per heavy atom. The number of hydrogen-bond acceptors (Lipinski definition) is 3. The minimum Gasteiger partial charge on any atom is -0.483 e. The highest BCUT2D eigenvalue weighted by atomic mass is 35.5. The lowest BCUT2D eigenvalue weighted by atomic mass is 10.1. The second-order valence-corrected chi connectivity index (χ2v) is 5.82. The summed E-state index contributed by atoms with van der Waals surface area (Å²) >= 11 is 5.84. The van der Waals surface area contributed by atoms with Crippen LogP contribution in [0.2, 0.25) is 5.02 Å². The van der Waals surface area contributed by atoms with E-state index in [9.17, 15) is 9.59 Å². The molecule has 0 aliphatic rings. The van der Waals surface area contributed by atoms with Crippen molar-refractivity contribution in [3.63, 3.8) is 0 Å². The molecule has 0 saturated heterocycles. The van der Waals surface area contributed by atoms with E-state index in [2.05, 4.69) is 0 Å². The van der Waals surface area contributed by atoms with Gasteiger partial charge in [0.1, 0.15) is 5.75 Å². The molecule has 0 heterocycles. The highest BCUT2D eigenvalue weighted by Gasteiger charge is 2.19. The number of hydrogen-bond donors (Lipinski definition) is 1. The first kappa shape index (κ1) is 17.8. The molecule has 0 spiro atoms. The molecule has 0 aromatic heterocycles. The quantitative estimate of drug-likeness (QED) is 0.873. The van der Waals surface area contributed by atoms with Crippen molar-refractivity contribution < 1.29 is 14.3 Å². The lowest BCUT2D eigenvalue weighted by molar-refractivity contribution is -0.134. The van der Waals surface area contributed by atoms with E-state index < -0.39 is 5.91 Å². The van der Waals surface area contributed by atoms with E-state index in [1.807, 2.05) is 37.3 Å². The van der Waals surface area contributed by atoms with Crippen molar-refractivity contribution in [3.8, 4) is 5.75 Å². The number of likely N-dealkylation sites (N-methyl/N-ethyl adjacent to an activating group) is 1. The summed E-state index contributed by atoms with van der Waals surface area (Å²) in [6, 6.07) is 14.1. The summed E-state index contributed by atoms with van der Waals surface area (Å²) < 4.78 is 5.47. The molecule has 2 aromatic rings. The van der Waals surface area contributed by atoms with Gasteiger partial charge in [-0.15, -0.1) is 0 Å². The summed E-state index contributed by atoms with van der Waals surface area (Å²) in [7, 11) is 1.71. The highest BCUT2D eigenvalue weighted by Crippen LogP contribution is 2.23. The summed E-state index contributed by atoms with van der Waals surface area (Å²) in [4.78, 5) is 25.4. The van der Waals surface area contributed by atoms with Crippen molar-refractivity contribution in [2.75, 3.05) is 13.7 Å². The van der Waals surface area contributed by atoms with Crippen molar-refractivity contribution in [2.24, 2.45) is 5.73 Å². The van der Waals surface area contributed by atoms with Gasteiger partial charge in [-0.05, 0) is 30.7 Å². The van der Waals surface area contributed by atoms with E-state index in [1.54, 1.807) is 18.0 Å². The lowest BCUT2D eigenvalue weighted by Crippen LogP contribution is -2.33. The monoisotopic (exact) mass is 346 g/mol. The van der Waals surface area contributed by atoms with Crippen LogP contribution in [0.5, 0.6) is 5.75 Å². The molecule has 6 heteroatoms. The number of benzene rings is 2. The number of amides is 2. The average Bonchev–Trinajstić information content (AvgIpc) is 2.59. The molecule has 1 unspecified atom stereocenters. The van der Waals surface area contributed by atoms with Crippen molar-refractivity contribution >= 4 is 23.4 Å². The molecular weight excluding hydrogens is 328 g/mol. The van der Waals surface area contributed by atoms with Crippen LogP contribution in [-0.2, 0) is 4.79 Å². The van der Waals surface area contributed by atoms with Gasteiger partial charge >= 0.3 is 0 Å². The van der Waals surface area contributed by atoms with E-state index in [0.717, 1.165) is 5.56 Å². The SMILES string of the molecule is CC(c1ccccc1)N(C)C(=O)COc1ccc(Cl)cc1C(N)=O. The lowest BCUT2D eigenvalue weighted by Gasteiger charge is -2.25. The maximum atomic E-state index is 12.3. The normalized spacial score (nSPS) is 11.6. The van der Waals surface area contributed by atoms with Gasteiger partial charge in [0.2, 0.25) is 0 Å². The van der Waals surface area contributed by atoms with Crippen molar-refractivity contribution in [1.82, 2.24) is 4.90 Å².